The van der Waals surface area contributed by atoms with Crippen molar-refractivity contribution in [3.63, 3.8) is 0 Å². The van der Waals surface area contributed by atoms with Gasteiger partial charge in [-0.1, -0.05) is 71.8 Å². The summed E-state index contributed by atoms with van der Waals surface area (Å²) in [5.41, 5.74) is 3.46. The number of carbonyl (C=O) groups excluding carboxylic acids is 1. The molecule has 2 N–H and O–H groups in total. The summed E-state index contributed by atoms with van der Waals surface area (Å²) in [6, 6.07) is 23.5. The van der Waals surface area contributed by atoms with E-state index in [4.69, 9.17) is 11.6 Å². The molecule has 4 aromatic rings. The summed E-state index contributed by atoms with van der Waals surface area (Å²) in [6.07, 6.45) is 0. The van der Waals surface area contributed by atoms with Crippen molar-refractivity contribution < 1.29 is 13.2 Å². The van der Waals surface area contributed by atoms with Gasteiger partial charge in [-0.05, 0) is 60.0 Å². The molecule has 0 bridgehead atoms. The molecular weight excluding hydrogens is 456 g/mol. The van der Waals surface area contributed by atoms with Gasteiger partial charge < -0.3 is 5.32 Å². The number of halogens is 1. The van der Waals surface area contributed by atoms with Crippen LogP contribution < -0.4 is 10.0 Å². The molecule has 0 aromatic heterocycles. The van der Waals surface area contributed by atoms with Crippen LogP contribution in [0.1, 0.15) is 27.0 Å². The largest absolute Gasteiger partial charge is 0.348 e. The minimum Gasteiger partial charge on any atom is -0.348 e. The third kappa shape index (κ3) is 5.02. The zero-order chi connectivity index (χ0) is 23.6. The van der Waals surface area contributed by atoms with E-state index in [1.807, 2.05) is 68.4 Å². The maximum absolute atomic E-state index is 13.0. The van der Waals surface area contributed by atoms with Crippen LogP contribution in [0.25, 0.3) is 10.8 Å². The predicted molar refractivity (Wildman–Crippen MR) is 133 cm³/mol. The molecule has 0 atom stereocenters. The third-order valence-corrected chi connectivity index (χ3v) is 7.28. The van der Waals surface area contributed by atoms with E-state index in [0.29, 0.717) is 12.2 Å². The van der Waals surface area contributed by atoms with Crippen LogP contribution in [-0.4, -0.2) is 14.3 Å². The number of sulfonamides is 1. The van der Waals surface area contributed by atoms with Gasteiger partial charge in [0, 0.05) is 12.1 Å². The molecule has 0 aliphatic rings. The van der Waals surface area contributed by atoms with Gasteiger partial charge in [-0.2, -0.15) is 0 Å². The predicted octanol–water partition coefficient (Wildman–Crippen LogP) is 5.84. The molecule has 4 rings (SSSR count). The lowest BCUT2D eigenvalue weighted by atomic mass is 10.0. The highest BCUT2D eigenvalue weighted by atomic mass is 35.5. The van der Waals surface area contributed by atoms with Crippen LogP contribution in [0, 0.1) is 13.8 Å². The molecule has 0 aliphatic heterocycles. The molecule has 4 aromatic carbocycles. The normalized spacial score (nSPS) is 11.4. The molecule has 0 fully saturated rings. The van der Waals surface area contributed by atoms with Crippen LogP contribution in [0.3, 0.4) is 0 Å². The first-order valence-electron chi connectivity index (χ1n) is 10.4. The van der Waals surface area contributed by atoms with Gasteiger partial charge in [0.2, 0.25) is 0 Å². The minimum absolute atomic E-state index is 0.0397. The maximum Gasteiger partial charge on any atom is 0.263 e. The standard InChI is InChI=1S/C26H23ClN2O3S/c1-17-10-13-24(18(2)14-17)29-33(31,32)25-15-20(11-12-23(25)27)26(30)28-16-21-8-5-7-19-6-3-4-9-22(19)21/h3-15,29H,16H2,1-2H3,(H,28,30). The highest BCUT2D eigenvalue weighted by molar-refractivity contribution is 7.92. The number of amides is 1. The van der Waals surface area contributed by atoms with Crippen molar-refractivity contribution in [1.29, 1.82) is 0 Å². The lowest BCUT2D eigenvalue weighted by molar-refractivity contribution is 0.0951. The van der Waals surface area contributed by atoms with E-state index in [2.05, 4.69) is 10.0 Å². The number of aryl methyl sites for hydroxylation is 2. The summed E-state index contributed by atoms with van der Waals surface area (Å²) >= 11 is 6.20. The Kier molecular flexibility index (Phi) is 6.40. The number of carbonyl (C=O) groups is 1. The van der Waals surface area contributed by atoms with Crippen LogP contribution in [0.5, 0.6) is 0 Å². The quantitative estimate of drug-likeness (QED) is 0.365. The van der Waals surface area contributed by atoms with Crippen molar-refractivity contribution in [2.24, 2.45) is 0 Å². The monoisotopic (exact) mass is 478 g/mol. The van der Waals surface area contributed by atoms with Gasteiger partial charge in [0.1, 0.15) is 4.90 Å². The summed E-state index contributed by atoms with van der Waals surface area (Å²) < 4.78 is 28.6. The number of nitrogens with one attached hydrogen (secondary N) is 2. The Hall–Kier alpha value is -3.35. The van der Waals surface area contributed by atoms with Gasteiger partial charge in [-0.15, -0.1) is 0 Å². The van der Waals surface area contributed by atoms with E-state index in [9.17, 15) is 13.2 Å². The molecule has 0 unspecified atom stereocenters. The van der Waals surface area contributed by atoms with Crippen molar-refractivity contribution in [2.45, 2.75) is 25.3 Å². The van der Waals surface area contributed by atoms with Gasteiger partial charge in [0.05, 0.1) is 10.7 Å². The van der Waals surface area contributed by atoms with E-state index >= 15 is 0 Å². The SMILES string of the molecule is Cc1ccc(NS(=O)(=O)c2cc(C(=O)NCc3cccc4ccccc34)ccc2Cl)c(C)c1. The molecule has 33 heavy (non-hydrogen) atoms. The third-order valence-electron chi connectivity index (χ3n) is 5.43. The lowest BCUT2D eigenvalue weighted by Gasteiger charge is -2.13. The van der Waals surface area contributed by atoms with Crippen LogP contribution in [0.4, 0.5) is 5.69 Å². The van der Waals surface area contributed by atoms with Crippen molar-refractivity contribution in [2.75, 3.05) is 4.72 Å². The first kappa shape index (κ1) is 22.8. The molecule has 0 radical (unpaired) electrons. The van der Waals surface area contributed by atoms with Crippen LogP contribution in [-0.2, 0) is 16.6 Å². The number of fused-ring (bicyclic) bond motifs is 1. The Morgan fingerprint density at radius 2 is 1.67 bits per heavy atom. The summed E-state index contributed by atoms with van der Waals surface area (Å²) in [5.74, 6) is -0.387. The lowest BCUT2D eigenvalue weighted by Crippen LogP contribution is -2.23. The van der Waals surface area contributed by atoms with Gasteiger partial charge in [0.25, 0.3) is 15.9 Å². The summed E-state index contributed by atoms with van der Waals surface area (Å²) in [6.45, 7) is 4.07. The Balaban J connectivity index is 1.56. The molecule has 0 aliphatic carbocycles. The fraction of sp³-hybridized carbons (Fsp3) is 0.115. The van der Waals surface area contributed by atoms with Crippen LogP contribution >= 0.6 is 11.6 Å². The zero-order valence-electron chi connectivity index (χ0n) is 18.2. The Morgan fingerprint density at radius 3 is 2.45 bits per heavy atom. The molecule has 0 heterocycles. The number of hydrogen-bond donors (Lipinski definition) is 2. The fourth-order valence-electron chi connectivity index (χ4n) is 3.70. The number of rotatable bonds is 6. The van der Waals surface area contributed by atoms with Crippen LogP contribution in [0.2, 0.25) is 5.02 Å². The zero-order valence-corrected chi connectivity index (χ0v) is 19.8. The van der Waals surface area contributed by atoms with E-state index in [0.717, 1.165) is 27.5 Å². The molecule has 168 valence electrons. The molecule has 0 spiro atoms. The first-order chi connectivity index (χ1) is 15.7. The number of anilines is 1. The molecule has 1 amide bonds. The minimum atomic E-state index is -3.99. The molecule has 5 nitrogen and oxygen atoms in total. The molecule has 0 saturated carbocycles. The number of benzene rings is 4. The first-order valence-corrected chi connectivity index (χ1v) is 12.3. The van der Waals surface area contributed by atoms with Crippen molar-refractivity contribution >= 4 is 44.0 Å². The topological polar surface area (TPSA) is 75.3 Å². The average Bonchev–Trinajstić information content (AvgIpc) is 2.79. The Labute approximate surface area is 198 Å². The molecular formula is C26H23ClN2O3S. The van der Waals surface area contributed by atoms with Gasteiger partial charge in [-0.3, -0.25) is 9.52 Å². The Morgan fingerprint density at radius 1 is 0.909 bits per heavy atom. The van der Waals surface area contributed by atoms with Crippen molar-refractivity contribution in [1.82, 2.24) is 5.32 Å². The van der Waals surface area contributed by atoms with Gasteiger partial charge in [-0.25, -0.2) is 8.42 Å². The van der Waals surface area contributed by atoms with Crippen LogP contribution in [0.15, 0.2) is 83.8 Å². The summed E-state index contributed by atoms with van der Waals surface area (Å²) in [7, 11) is -3.99. The number of hydrogen-bond acceptors (Lipinski definition) is 3. The van der Waals surface area contributed by atoms with E-state index in [-0.39, 0.29) is 21.4 Å². The van der Waals surface area contributed by atoms with Gasteiger partial charge in [0.15, 0.2) is 0 Å². The molecule has 0 saturated heterocycles. The highest BCUT2D eigenvalue weighted by Gasteiger charge is 2.21. The second kappa shape index (κ2) is 9.25. The van der Waals surface area contributed by atoms with Crippen molar-refractivity contribution in [3.05, 3.63) is 106 Å². The van der Waals surface area contributed by atoms with E-state index in [1.54, 1.807) is 6.07 Å². The average molecular weight is 479 g/mol. The smallest absolute Gasteiger partial charge is 0.263 e. The fourth-order valence-corrected chi connectivity index (χ4v) is 5.36. The van der Waals surface area contributed by atoms with Crippen molar-refractivity contribution in [3.8, 4) is 0 Å². The highest BCUT2D eigenvalue weighted by Crippen LogP contribution is 2.27. The molecule has 7 heteroatoms. The van der Waals surface area contributed by atoms with E-state index in [1.165, 1.54) is 18.2 Å². The second-order valence-corrected chi connectivity index (χ2v) is 9.95. The summed E-state index contributed by atoms with van der Waals surface area (Å²) in [4.78, 5) is 12.7. The summed E-state index contributed by atoms with van der Waals surface area (Å²) in [5, 5.41) is 5.05. The maximum atomic E-state index is 13.0. The second-order valence-electron chi connectivity index (χ2n) is 7.89. The van der Waals surface area contributed by atoms with E-state index < -0.39 is 10.0 Å². The van der Waals surface area contributed by atoms with Gasteiger partial charge >= 0.3 is 0 Å². The Bertz CT molecular complexity index is 1460.